The molecule has 1 aliphatic rings. The number of hydrogen-bond acceptors (Lipinski definition) is 1. The van der Waals surface area contributed by atoms with E-state index in [9.17, 15) is 0 Å². The van der Waals surface area contributed by atoms with Crippen LogP contribution in [0.3, 0.4) is 0 Å². The highest BCUT2D eigenvalue weighted by Crippen LogP contribution is 2.25. The molecule has 0 fully saturated rings. The van der Waals surface area contributed by atoms with Crippen LogP contribution in [0, 0.1) is 0 Å². The lowest BCUT2D eigenvalue weighted by Gasteiger charge is -2.16. The Labute approximate surface area is 129 Å². The molecule has 2 aromatic rings. The second kappa shape index (κ2) is 6.11. The molecule has 0 bridgehead atoms. The predicted molar refractivity (Wildman–Crippen MR) is 87.9 cm³/mol. The molecule has 20 heavy (non-hydrogen) atoms. The Kier molecular flexibility index (Phi) is 4.23. The molecule has 0 saturated carbocycles. The lowest BCUT2D eigenvalue weighted by atomic mass is 10.1. The van der Waals surface area contributed by atoms with Crippen molar-refractivity contribution in [2.24, 2.45) is 0 Å². The maximum absolute atomic E-state index is 3.62. The molecule has 1 N–H and O–H groups in total. The predicted octanol–water partition coefficient (Wildman–Crippen LogP) is 4.79. The number of nitrogens with one attached hydrogen (secondary N) is 1. The molecule has 0 spiro atoms. The molecule has 0 aliphatic heterocycles. The first kappa shape index (κ1) is 13.8. The number of benzene rings is 2. The molecular formula is C18H20BrN. The zero-order chi connectivity index (χ0) is 13.9. The van der Waals surface area contributed by atoms with E-state index in [1.807, 2.05) is 0 Å². The van der Waals surface area contributed by atoms with Gasteiger partial charge < -0.3 is 5.32 Å². The summed E-state index contributed by atoms with van der Waals surface area (Å²) in [5.41, 5.74) is 5.81. The molecule has 1 aliphatic carbocycles. The Bertz CT molecular complexity index is 606. The molecule has 2 heteroatoms. The van der Waals surface area contributed by atoms with Crippen LogP contribution in [0.2, 0.25) is 0 Å². The largest absolute Gasteiger partial charge is 0.306 e. The Morgan fingerprint density at radius 3 is 2.75 bits per heavy atom. The standard InChI is InChI=1S/C18H20BrN/c1-13(17-7-2-3-8-18(17)19)20-12-14-9-10-15-5-4-6-16(15)11-14/h2-3,7-11,13,20H,4-6,12H2,1H3/t13-/m1/s1. The van der Waals surface area contributed by atoms with Crippen LogP contribution in [0.4, 0.5) is 0 Å². The smallest absolute Gasteiger partial charge is 0.0306 e. The Morgan fingerprint density at radius 2 is 1.90 bits per heavy atom. The van der Waals surface area contributed by atoms with Crippen LogP contribution in [-0.2, 0) is 19.4 Å². The van der Waals surface area contributed by atoms with Gasteiger partial charge in [0.2, 0.25) is 0 Å². The summed E-state index contributed by atoms with van der Waals surface area (Å²) in [7, 11) is 0. The number of halogens is 1. The van der Waals surface area contributed by atoms with Gasteiger partial charge in [-0.05, 0) is 54.5 Å². The van der Waals surface area contributed by atoms with Gasteiger partial charge >= 0.3 is 0 Å². The first-order valence-corrected chi connectivity index (χ1v) is 8.12. The summed E-state index contributed by atoms with van der Waals surface area (Å²) in [5, 5.41) is 3.62. The van der Waals surface area contributed by atoms with Crippen LogP contribution in [0.15, 0.2) is 46.9 Å². The lowest BCUT2D eigenvalue weighted by molar-refractivity contribution is 0.572. The molecule has 0 radical (unpaired) electrons. The number of hydrogen-bond donors (Lipinski definition) is 1. The van der Waals surface area contributed by atoms with Gasteiger partial charge in [0.15, 0.2) is 0 Å². The summed E-state index contributed by atoms with van der Waals surface area (Å²) in [4.78, 5) is 0. The van der Waals surface area contributed by atoms with Crippen LogP contribution >= 0.6 is 15.9 Å². The van der Waals surface area contributed by atoms with Gasteiger partial charge in [0.25, 0.3) is 0 Å². The monoisotopic (exact) mass is 329 g/mol. The zero-order valence-corrected chi connectivity index (χ0v) is 13.4. The quantitative estimate of drug-likeness (QED) is 0.850. The van der Waals surface area contributed by atoms with Crippen molar-refractivity contribution in [3.63, 3.8) is 0 Å². The van der Waals surface area contributed by atoms with Crippen LogP contribution in [-0.4, -0.2) is 0 Å². The van der Waals surface area contributed by atoms with Gasteiger partial charge in [-0.15, -0.1) is 0 Å². The molecule has 0 heterocycles. The van der Waals surface area contributed by atoms with Crippen molar-refractivity contribution in [2.45, 2.75) is 38.8 Å². The molecule has 1 nitrogen and oxygen atoms in total. The Hall–Kier alpha value is -1.12. The summed E-state index contributed by atoms with van der Waals surface area (Å²) < 4.78 is 1.17. The summed E-state index contributed by atoms with van der Waals surface area (Å²) in [6, 6.07) is 15.7. The second-order valence-electron chi connectivity index (χ2n) is 5.58. The van der Waals surface area contributed by atoms with Gasteiger partial charge in [-0.25, -0.2) is 0 Å². The number of aryl methyl sites for hydroxylation is 2. The van der Waals surface area contributed by atoms with E-state index in [1.165, 1.54) is 34.9 Å². The molecule has 0 saturated heterocycles. The highest BCUT2D eigenvalue weighted by molar-refractivity contribution is 9.10. The average Bonchev–Trinajstić information content (AvgIpc) is 2.92. The maximum Gasteiger partial charge on any atom is 0.0306 e. The lowest BCUT2D eigenvalue weighted by Crippen LogP contribution is -2.18. The summed E-state index contributed by atoms with van der Waals surface area (Å²) in [6.45, 7) is 3.14. The van der Waals surface area contributed by atoms with E-state index in [0.717, 1.165) is 6.54 Å². The maximum atomic E-state index is 3.62. The van der Waals surface area contributed by atoms with Gasteiger partial charge in [-0.2, -0.15) is 0 Å². The topological polar surface area (TPSA) is 12.0 Å². The average molecular weight is 330 g/mol. The number of fused-ring (bicyclic) bond motifs is 1. The highest BCUT2D eigenvalue weighted by Gasteiger charge is 2.12. The fourth-order valence-electron chi connectivity index (χ4n) is 2.94. The minimum absolute atomic E-state index is 0.346. The normalized spacial score (nSPS) is 15.1. The van der Waals surface area contributed by atoms with Gasteiger partial charge in [0.05, 0.1) is 0 Å². The van der Waals surface area contributed by atoms with E-state index in [2.05, 4.69) is 70.6 Å². The van der Waals surface area contributed by atoms with E-state index in [0.29, 0.717) is 6.04 Å². The van der Waals surface area contributed by atoms with Crippen LogP contribution < -0.4 is 5.32 Å². The molecule has 0 unspecified atom stereocenters. The fourth-order valence-corrected chi connectivity index (χ4v) is 3.57. The van der Waals surface area contributed by atoms with Gasteiger partial charge in [-0.3, -0.25) is 0 Å². The zero-order valence-electron chi connectivity index (χ0n) is 11.8. The third-order valence-corrected chi connectivity index (χ3v) is 4.87. The van der Waals surface area contributed by atoms with Crippen molar-refractivity contribution < 1.29 is 0 Å². The van der Waals surface area contributed by atoms with Crippen molar-refractivity contribution in [1.29, 1.82) is 0 Å². The van der Waals surface area contributed by atoms with Gasteiger partial charge in [0.1, 0.15) is 0 Å². The SMILES string of the molecule is C[C@@H](NCc1ccc2c(c1)CCC2)c1ccccc1Br. The third-order valence-electron chi connectivity index (χ3n) is 4.15. The number of rotatable bonds is 4. The molecule has 0 aromatic heterocycles. The summed E-state index contributed by atoms with van der Waals surface area (Å²) in [6.07, 6.45) is 3.83. The Morgan fingerprint density at radius 1 is 1.10 bits per heavy atom. The molecule has 0 amide bonds. The molecule has 104 valence electrons. The van der Waals surface area contributed by atoms with E-state index in [4.69, 9.17) is 0 Å². The van der Waals surface area contributed by atoms with Crippen molar-refractivity contribution in [3.05, 3.63) is 69.2 Å². The Balaban J connectivity index is 1.66. The third kappa shape index (κ3) is 2.97. The molecular weight excluding hydrogens is 310 g/mol. The van der Waals surface area contributed by atoms with Crippen molar-refractivity contribution >= 4 is 15.9 Å². The van der Waals surface area contributed by atoms with E-state index < -0.39 is 0 Å². The van der Waals surface area contributed by atoms with Crippen molar-refractivity contribution in [3.8, 4) is 0 Å². The first-order valence-electron chi connectivity index (χ1n) is 7.32. The summed E-state index contributed by atoms with van der Waals surface area (Å²) >= 11 is 3.62. The second-order valence-corrected chi connectivity index (χ2v) is 6.44. The van der Waals surface area contributed by atoms with Gasteiger partial charge in [0, 0.05) is 17.1 Å². The molecule has 3 rings (SSSR count). The van der Waals surface area contributed by atoms with Crippen LogP contribution in [0.25, 0.3) is 0 Å². The van der Waals surface area contributed by atoms with Crippen LogP contribution in [0.1, 0.15) is 41.6 Å². The van der Waals surface area contributed by atoms with E-state index in [-0.39, 0.29) is 0 Å². The minimum atomic E-state index is 0.346. The van der Waals surface area contributed by atoms with E-state index in [1.54, 1.807) is 11.1 Å². The highest BCUT2D eigenvalue weighted by atomic mass is 79.9. The fraction of sp³-hybridized carbons (Fsp3) is 0.333. The van der Waals surface area contributed by atoms with E-state index >= 15 is 0 Å². The van der Waals surface area contributed by atoms with Crippen molar-refractivity contribution in [1.82, 2.24) is 5.32 Å². The molecule has 2 aromatic carbocycles. The van der Waals surface area contributed by atoms with Crippen LogP contribution in [0.5, 0.6) is 0 Å². The van der Waals surface area contributed by atoms with Crippen molar-refractivity contribution in [2.75, 3.05) is 0 Å². The minimum Gasteiger partial charge on any atom is -0.306 e. The van der Waals surface area contributed by atoms with Gasteiger partial charge in [-0.1, -0.05) is 52.3 Å². The molecule has 1 atom stereocenters. The first-order chi connectivity index (χ1) is 9.74. The summed E-state index contributed by atoms with van der Waals surface area (Å²) in [5.74, 6) is 0.